The largest absolute Gasteiger partial charge is 0.308 e. The Kier molecular flexibility index (Phi) is 8.45. The molecule has 0 fully saturated rings. The van der Waals surface area contributed by atoms with Crippen molar-refractivity contribution in [2.24, 2.45) is 5.92 Å². The maximum absolute atomic E-state index is 4.79. The van der Waals surface area contributed by atoms with Gasteiger partial charge in [-0.05, 0) is 18.8 Å². The summed E-state index contributed by atoms with van der Waals surface area (Å²) < 4.78 is 0. The lowest BCUT2D eigenvalue weighted by Crippen LogP contribution is -2.36. The van der Waals surface area contributed by atoms with Gasteiger partial charge in [-0.3, -0.25) is 4.90 Å². The molecule has 21 heavy (non-hydrogen) atoms. The van der Waals surface area contributed by atoms with Crippen LogP contribution in [0.15, 0.2) is 5.38 Å². The SMILES string of the molecule is CCC(CC)N(Cc1csc(CNC(C)C)n1)CC(C)C. The Morgan fingerprint density at radius 3 is 2.38 bits per heavy atom. The van der Waals surface area contributed by atoms with E-state index < -0.39 is 0 Å². The van der Waals surface area contributed by atoms with Gasteiger partial charge in [-0.15, -0.1) is 11.3 Å². The third-order valence-corrected chi connectivity index (χ3v) is 4.58. The summed E-state index contributed by atoms with van der Waals surface area (Å²) in [7, 11) is 0. The molecule has 122 valence electrons. The highest BCUT2D eigenvalue weighted by Crippen LogP contribution is 2.17. The number of aromatic nitrogens is 1. The van der Waals surface area contributed by atoms with Gasteiger partial charge in [0.25, 0.3) is 0 Å². The smallest absolute Gasteiger partial charge is 0.107 e. The first-order valence-corrected chi connectivity index (χ1v) is 9.24. The number of nitrogens with one attached hydrogen (secondary N) is 1. The predicted octanol–water partition coefficient (Wildman–Crippen LogP) is 4.29. The van der Waals surface area contributed by atoms with Crippen LogP contribution in [0.5, 0.6) is 0 Å². The van der Waals surface area contributed by atoms with E-state index in [9.17, 15) is 0 Å². The Labute approximate surface area is 135 Å². The summed E-state index contributed by atoms with van der Waals surface area (Å²) in [6.45, 7) is 16.6. The lowest BCUT2D eigenvalue weighted by Gasteiger charge is -2.31. The molecular formula is C17H33N3S. The first-order chi connectivity index (χ1) is 9.96. The van der Waals surface area contributed by atoms with Crippen LogP contribution in [0.25, 0.3) is 0 Å². The molecule has 1 aromatic rings. The van der Waals surface area contributed by atoms with Gasteiger partial charge < -0.3 is 5.32 Å². The Hall–Kier alpha value is -0.450. The number of thiazole rings is 1. The molecule has 3 nitrogen and oxygen atoms in total. The predicted molar refractivity (Wildman–Crippen MR) is 93.7 cm³/mol. The zero-order valence-corrected chi connectivity index (χ0v) is 15.5. The molecule has 0 atom stereocenters. The molecule has 0 aliphatic heterocycles. The van der Waals surface area contributed by atoms with Gasteiger partial charge in [0.2, 0.25) is 0 Å². The third-order valence-electron chi connectivity index (χ3n) is 3.68. The number of rotatable bonds is 10. The highest BCUT2D eigenvalue weighted by Gasteiger charge is 2.17. The lowest BCUT2D eigenvalue weighted by atomic mass is 10.1. The molecule has 0 aliphatic rings. The van der Waals surface area contributed by atoms with Crippen LogP contribution in [-0.2, 0) is 13.1 Å². The molecule has 4 heteroatoms. The van der Waals surface area contributed by atoms with E-state index in [2.05, 4.69) is 57.1 Å². The first-order valence-electron chi connectivity index (χ1n) is 8.36. The molecule has 1 heterocycles. The summed E-state index contributed by atoms with van der Waals surface area (Å²) in [5.41, 5.74) is 1.23. The molecule has 0 saturated carbocycles. The van der Waals surface area contributed by atoms with Gasteiger partial charge in [-0.2, -0.15) is 0 Å². The molecule has 1 rings (SSSR count). The fourth-order valence-corrected chi connectivity index (χ4v) is 3.35. The highest BCUT2D eigenvalue weighted by molar-refractivity contribution is 7.09. The molecule has 0 aromatic carbocycles. The topological polar surface area (TPSA) is 28.2 Å². The van der Waals surface area contributed by atoms with Crippen molar-refractivity contribution in [1.29, 1.82) is 0 Å². The number of hydrogen-bond acceptors (Lipinski definition) is 4. The number of hydrogen-bond donors (Lipinski definition) is 1. The summed E-state index contributed by atoms with van der Waals surface area (Å²) in [5.74, 6) is 0.700. The van der Waals surface area contributed by atoms with E-state index in [1.165, 1.54) is 23.5 Å². The lowest BCUT2D eigenvalue weighted by molar-refractivity contribution is 0.156. The van der Waals surface area contributed by atoms with Gasteiger partial charge in [0.15, 0.2) is 0 Å². The molecule has 0 amide bonds. The highest BCUT2D eigenvalue weighted by atomic mass is 32.1. The molecule has 0 radical (unpaired) electrons. The van der Waals surface area contributed by atoms with Crippen LogP contribution < -0.4 is 5.32 Å². The van der Waals surface area contributed by atoms with Gasteiger partial charge in [0.1, 0.15) is 5.01 Å². The van der Waals surface area contributed by atoms with E-state index in [1.54, 1.807) is 11.3 Å². The van der Waals surface area contributed by atoms with Crippen molar-refractivity contribution in [2.45, 2.75) is 79.6 Å². The maximum atomic E-state index is 4.79. The van der Waals surface area contributed by atoms with Crippen LogP contribution in [0, 0.1) is 5.92 Å². The minimum absolute atomic E-state index is 0.513. The van der Waals surface area contributed by atoms with E-state index in [4.69, 9.17) is 4.98 Å². The van der Waals surface area contributed by atoms with Crippen LogP contribution in [0.4, 0.5) is 0 Å². The second kappa shape index (κ2) is 9.54. The minimum atomic E-state index is 0.513. The third kappa shape index (κ3) is 6.90. The summed E-state index contributed by atoms with van der Waals surface area (Å²) >= 11 is 1.78. The van der Waals surface area contributed by atoms with Gasteiger partial charge in [0.05, 0.1) is 5.69 Å². The second-order valence-electron chi connectivity index (χ2n) is 6.56. The van der Waals surface area contributed by atoms with Crippen LogP contribution in [0.3, 0.4) is 0 Å². The summed E-state index contributed by atoms with van der Waals surface area (Å²) in [6.07, 6.45) is 2.43. The molecule has 0 bridgehead atoms. The first kappa shape index (κ1) is 18.6. The molecule has 0 unspecified atom stereocenters. The van der Waals surface area contributed by atoms with Crippen molar-refractivity contribution in [3.05, 3.63) is 16.1 Å². The second-order valence-corrected chi connectivity index (χ2v) is 7.50. The summed E-state index contributed by atoms with van der Waals surface area (Å²) in [5, 5.41) is 6.87. The Morgan fingerprint density at radius 2 is 1.86 bits per heavy atom. The van der Waals surface area contributed by atoms with E-state index >= 15 is 0 Å². The Bertz CT molecular complexity index is 383. The van der Waals surface area contributed by atoms with E-state index in [-0.39, 0.29) is 0 Å². The van der Waals surface area contributed by atoms with Crippen LogP contribution in [-0.4, -0.2) is 28.5 Å². The van der Waals surface area contributed by atoms with Gasteiger partial charge in [-0.1, -0.05) is 41.5 Å². The summed E-state index contributed by atoms with van der Waals surface area (Å²) in [6, 6.07) is 1.19. The Balaban J connectivity index is 2.65. The van der Waals surface area contributed by atoms with Crippen molar-refractivity contribution in [3.63, 3.8) is 0 Å². The number of nitrogens with zero attached hydrogens (tertiary/aromatic N) is 2. The fraction of sp³-hybridized carbons (Fsp3) is 0.824. The Morgan fingerprint density at radius 1 is 1.19 bits per heavy atom. The monoisotopic (exact) mass is 311 g/mol. The molecule has 0 saturated heterocycles. The molecular weight excluding hydrogens is 278 g/mol. The zero-order chi connectivity index (χ0) is 15.8. The van der Waals surface area contributed by atoms with Gasteiger partial charge in [0, 0.05) is 37.1 Å². The average Bonchev–Trinajstić information content (AvgIpc) is 2.84. The van der Waals surface area contributed by atoms with Crippen LogP contribution in [0.2, 0.25) is 0 Å². The van der Waals surface area contributed by atoms with Crippen LogP contribution >= 0.6 is 11.3 Å². The van der Waals surface area contributed by atoms with E-state index in [0.717, 1.165) is 19.6 Å². The minimum Gasteiger partial charge on any atom is -0.308 e. The van der Waals surface area contributed by atoms with Gasteiger partial charge >= 0.3 is 0 Å². The van der Waals surface area contributed by atoms with E-state index in [0.29, 0.717) is 18.0 Å². The summed E-state index contributed by atoms with van der Waals surface area (Å²) in [4.78, 5) is 7.41. The molecule has 1 aromatic heterocycles. The van der Waals surface area contributed by atoms with Crippen molar-refractivity contribution in [1.82, 2.24) is 15.2 Å². The molecule has 1 N–H and O–H groups in total. The van der Waals surface area contributed by atoms with Crippen molar-refractivity contribution in [3.8, 4) is 0 Å². The average molecular weight is 312 g/mol. The molecule has 0 aliphatic carbocycles. The van der Waals surface area contributed by atoms with Crippen molar-refractivity contribution < 1.29 is 0 Å². The fourth-order valence-electron chi connectivity index (χ4n) is 2.62. The standard InChI is InChI=1S/C17H33N3S/c1-7-16(8-2)20(10-13(3)4)11-15-12-21-17(19-15)9-18-14(5)6/h12-14,16,18H,7-11H2,1-6H3. The zero-order valence-electron chi connectivity index (χ0n) is 14.6. The van der Waals surface area contributed by atoms with Crippen molar-refractivity contribution >= 4 is 11.3 Å². The van der Waals surface area contributed by atoms with Gasteiger partial charge in [-0.25, -0.2) is 4.98 Å². The normalized spacial score (nSPS) is 12.3. The maximum Gasteiger partial charge on any atom is 0.107 e. The molecule has 0 spiro atoms. The van der Waals surface area contributed by atoms with Crippen LogP contribution in [0.1, 0.15) is 65.1 Å². The van der Waals surface area contributed by atoms with Crippen molar-refractivity contribution in [2.75, 3.05) is 6.54 Å². The van der Waals surface area contributed by atoms with E-state index in [1.807, 2.05) is 0 Å². The quantitative estimate of drug-likeness (QED) is 0.699.